The van der Waals surface area contributed by atoms with E-state index >= 15 is 0 Å². The van der Waals surface area contributed by atoms with Crippen LogP contribution < -0.4 is 4.74 Å². The molecular weight excluding hydrogens is 384 g/mol. The van der Waals surface area contributed by atoms with Crippen LogP contribution >= 0.6 is 0 Å². The van der Waals surface area contributed by atoms with Crippen molar-refractivity contribution in [2.45, 2.75) is 69.8 Å². The molecule has 5 atom stereocenters. The highest BCUT2D eigenvalue weighted by Gasteiger charge is 2.63. The quantitative estimate of drug-likeness (QED) is 0.676. The second-order valence-electron chi connectivity index (χ2n) is 9.90. The van der Waals surface area contributed by atoms with E-state index in [2.05, 4.69) is 25.0 Å². The lowest BCUT2D eigenvalue weighted by Crippen LogP contribution is -2.52. The maximum Gasteiger partial charge on any atom is 0.156 e. The maximum atomic E-state index is 12.1. The Bertz CT molecular complexity index is 1010. The fourth-order valence-corrected chi connectivity index (χ4v) is 7.52. The van der Waals surface area contributed by atoms with Crippen LogP contribution in [0.25, 0.3) is 0 Å². The predicted octanol–water partition coefficient (Wildman–Crippen LogP) is 5.35. The first-order chi connectivity index (χ1) is 15.0. The molecule has 2 fully saturated rings. The molecule has 1 aromatic rings. The molecule has 0 spiro atoms. The minimum absolute atomic E-state index is 0.219. The number of ketones is 1. The SMILES string of the molecule is C#C[C@]1(O)CC[C@H]2[C@@H]3CCC4=CC(=O)CCC4=C3[C@@H](c3ccc(OC)cc3)C[C@@]21CC. The summed E-state index contributed by atoms with van der Waals surface area (Å²) in [5.74, 6) is 5.02. The van der Waals surface area contributed by atoms with Gasteiger partial charge in [0.05, 0.1) is 7.11 Å². The predicted molar refractivity (Wildman–Crippen MR) is 122 cm³/mol. The number of carbonyl (C=O) groups excluding carboxylic acids is 1. The van der Waals surface area contributed by atoms with Crippen LogP contribution in [0.3, 0.4) is 0 Å². The minimum Gasteiger partial charge on any atom is -0.497 e. The van der Waals surface area contributed by atoms with Crippen molar-refractivity contribution in [2.75, 3.05) is 7.11 Å². The van der Waals surface area contributed by atoms with Gasteiger partial charge in [0.25, 0.3) is 0 Å². The van der Waals surface area contributed by atoms with Crippen molar-refractivity contribution in [3.05, 3.63) is 52.6 Å². The molecule has 0 aliphatic heterocycles. The molecule has 3 nitrogen and oxygen atoms in total. The average Bonchev–Trinajstić information content (AvgIpc) is 3.11. The Balaban J connectivity index is 1.70. The highest BCUT2D eigenvalue weighted by molar-refractivity contribution is 5.93. The summed E-state index contributed by atoms with van der Waals surface area (Å²) < 4.78 is 5.40. The number of terminal acetylenes is 1. The molecule has 162 valence electrons. The molecule has 31 heavy (non-hydrogen) atoms. The lowest BCUT2D eigenvalue weighted by Gasteiger charge is -2.55. The van der Waals surface area contributed by atoms with Gasteiger partial charge in [0.1, 0.15) is 11.4 Å². The van der Waals surface area contributed by atoms with Gasteiger partial charge in [-0.25, -0.2) is 0 Å². The smallest absolute Gasteiger partial charge is 0.156 e. The molecule has 5 rings (SSSR count). The van der Waals surface area contributed by atoms with Crippen molar-refractivity contribution < 1.29 is 14.6 Å². The molecule has 0 unspecified atom stereocenters. The van der Waals surface area contributed by atoms with E-state index in [1.54, 1.807) is 7.11 Å². The van der Waals surface area contributed by atoms with Crippen LogP contribution in [0, 0.1) is 29.6 Å². The second kappa shape index (κ2) is 7.38. The van der Waals surface area contributed by atoms with Gasteiger partial charge in [0.2, 0.25) is 0 Å². The number of benzene rings is 1. The molecule has 0 aromatic heterocycles. The molecule has 0 heterocycles. The molecule has 0 bridgehead atoms. The van der Waals surface area contributed by atoms with E-state index in [-0.39, 0.29) is 17.1 Å². The summed E-state index contributed by atoms with van der Waals surface area (Å²) >= 11 is 0. The molecule has 1 N–H and O–H groups in total. The zero-order valence-electron chi connectivity index (χ0n) is 18.6. The fourth-order valence-electron chi connectivity index (χ4n) is 7.52. The summed E-state index contributed by atoms with van der Waals surface area (Å²) in [5.41, 5.74) is 4.20. The summed E-state index contributed by atoms with van der Waals surface area (Å²) in [6.07, 6.45) is 14.8. The first kappa shape index (κ1) is 20.6. The standard InChI is InChI=1S/C28H32O3/c1-4-27-17-24(18-6-10-21(31-3)11-7-18)26-22-13-9-20(29)16-19(22)8-12-23(26)25(27)14-15-28(27,30)5-2/h2,6-7,10-11,16,23-25,30H,4,8-9,12-15,17H2,1,3H3/t23-,24+,25-,27-,28-/m0/s1. The molecule has 0 amide bonds. The van der Waals surface area contributed by atoms with Gasteiger partial charge >= 0.3 is 0 Å². The Labute approximate surface area is 185 Å². The monoisotopic (exact) mass is 416 g/mol. The van der Waals surface area contributed by atoms with Crippen molar-refractivity contribution in [2.24, 2.45) is 17.3 Å². The Kier molecular flexibility index (Phi) is 4.90. The van der Waals surface area contributed by atoms with Gasteiger partial charge in [0, 0.05) is 17.8 Å². The van der Waals surface area contributed by atoms with E-state index < -0.39 is 5.60 Å². The third kappa shape index (κ3) is 2.88. The number of aliphatic hydroxyl groups is 1. The van der Waals surface area contributed by atoms with Crippen LogP contribution in [-0.2, 0) is 4.79 Å². The van der Waals surface area contributed by atoms with Crippen LogP contribution in [0.5, 0.6) is 5.75 Å². The Morgan fingerprint density at radius 3 is 2.65 bits per heavy atom. The molecule has 4 aliphatic carbocycles. The molecule has 1 aromatic carbocycles. The van der Waals surface area contributed by atoms with E-state index in [9.17, 15) is 9.90 Å². The summed E-state index contributed by atoms with van der Waals surface area (Å²) in [5, 5.41) is 11.6. The van der Waals surface area contributed by atoms with Gasteiger partial charge in [-0.1, -0.05) is 30.6 Å². The molecular formula is C28H32O3. The molecule has 2 saturated carbocycles. The number of methoxy groups -OCH3 is 1. The highest BCUT2D eigenvalue weighted by atomic mass is 16.5. The van der Waals surface area contributed by atoms with E-state index in [0.717, 1.165) is 44.3 Å². The van der Waals surface area contributed by atoms with Crippen molar-refractivity contribution in [1.29, 1.82) is 0 Å². The van der Waals surface area contributed by atoms with Crippen molar-refractivity contribution in [1.82, 2.24) is 0 Å². The zero-order valence-corrected chi connectivity index (χ0v) is 18.6. The fraction of sp³-hybridized carbons (Fsp3) is 0.536. The number of fused-ring (bicyclic) bond motifs is 4. The van der Waals surface area contributed by atoms with Crippen LogP contribution in [0.4, 0.5) is 0 Å². The van der Waals surface area contributed by atoms with Gasteiger partial charge < -0.3 is 9.84 Å². The van der Waals surface area contributed by atoms with Gasteiger partial charge in [-0.05, 0) is 91.7 Å². The molecule has 0 saturated heterocycles. The summed E-state index contributed by atoms with van der Waals surface area (Å²) in [7, 11) is 1.69. The number of hydrogen-bond donors (Lipinski definition) is 1. The minimum atomic E-state index is -1.04. The topological polar surface area (TPSA) is 46.5 Å². The summed E-state index contributed by atoms with van der Waals surface area (Å²) in [6, 6.07) is 8.42. The second-order valence-corrected chi connectivity index (χ2v) is 9.90. The average molecular weight is 417 g/mol. The van der Waals surface area contributed by atoms with Gasteiger partial charge in [-0.15, -0.1) is 6.42 Å². The summed E-state index contributed by atoms with van der Waals surface area (Å²) in [6.45, 7) is 2.21. The third-order valence-electron chi connectivity index (χ3n) is 8.98. The third-order valence-corrected chi connectivity index (χ3v) is 8.98. The molecule has 4 aliphatic rings. The van der Waals surface area contributed by atoms with E-state index in [1.807, 2.05) is 18.2 Å². The van der Waals surface area contributed by atoms with Crippen LogP contribution in [0.15, 0.2) is 47.1 Å². The van der Waals surface area contributed by atoms with E-state index in [0.29, 0.717) is 24.7 Å². The zero-order chi connectivity index (χ0) is 21.8. The normalized spacial score (nSPS) is 36.8. The Morgan fingerprint density at radius 1 is 1.19 bits per heavy atom. The van der Waals surface area contributed by atoms with Crippen molar-refractivity contribution >= 4 is 5.78 Å². The Morgan fingerprint density at radius 2 is 1.97 bits per heavy atom. The number of carbonyl (C=O) groups is 1. The van der Waals surface area contributed by atoms with Crippen LogP contribution in [0.2, 0.25) is 0 Å². The number of ether oxygens (including phenoxy) is 1. The first-order valence-electron chi connectivity index (χ1n) is 11.8. The van der Waals surface area contributed by atoms with Gasteiger partial charge in [-0.2, -0.15) is 0 Å². The highest BCUT2D eigenvalue weighted by Crippen LogP contribution is 2.67. The van der Waals surface area contributed by atoms with Crippen molar-refractivity contribution in [3.8, 4) is 18.1 Å². The number of rotatable bonds is 3. The van der Waals surface area contributed by atoms with Gasteiger partial charge in [0.15, 0.2) is 5.78 Å². The van der Waals surface area contributed by atoms with Gasteiger partial charge in [-0.3, -0.25) is 4.79 Å². The van der Waals surface area contributed by atoms with E-state index in [4.69, 9.17) is 11.2 Å². The lowest BCUT2D eigenvalue weighted by molar-refractivity contribution is -0.114. The van der Waals surface area contributed by atoms with Crippen molar-refractivity contribution in [3.63, 3.8) is 0 Å². The molecule has 0 radical (unpaired) electrons. The largest absolute Gasteiger partial charge is 0.497 e. The first-order valence-corrected chi connectivity index (χ1v) is 11.8. The number of hydrogen-bond acceptors (Lipinski definition) is 3. The Hall–Kier alpha value is -2.31. The lowest BCUT2D eigenvalue weighted by atomic mass is 9.50. The van der Waals surface area contributed by atoms with E-state index in [1.165, 1.54) is 22.3 Å². The van der Waals surface area contributed by atoms with Crippen LogP contribution in [-0.4, -0.2) is 23.6 Å². The number of allylic oxidation sites excluding steroid dienone is 4. The summed E-state index contributed by atoms with van der Waals surface area (Å²) in [4.78, 5) is 12.1. The molecule has 3 heteroatoms. The van der Waals surface area contributed by atoms with Crippen LogP contribution in [0.1, 0.15) is 69.8 Å². The maximum absolute atomic E-state index is 12.1.